The van der Waals surface area contributed by atoms with Gasteiger partial charge in [-0.15, -0.1) is 0 Å². The number of carbonyl (C=O) groups excluding carboxylic acids is 13. The van der Waals surface area contributed by atoms with E-state index in [0.29, 0.717) is 44.9 Å². The Bertz CT molecular complexity index is 3320. The summed E-state index contributed by atoms with van der Waals surface area (Å²) in [5, 5.41) is 7.95. The number of alkyl halides is 3. The molecule has 2 saturated heterocycles. The minimum atomic E-state index is -4.81. The Kier molecular flexibility index (Phi) is 31.2. The summed E-state index contributed by atoms with van der Waals surface area (Å²) in [6.45, 7) is 11.6. The van der Waals surface area contributed by atoms with Crippen molar-refractivity contribution in [1.82, 2.24) is 60.0 Å². The van der Waals surface area contributed by atoms with Crippen LogP contribution >= 0.6 is 11.6 Å². The largest absolute Gasteiger partial charge is 0.461 e. The normalized spacial score (nSPS) is 26.4. The topological polar surface area (TPSA) is 296 Å². The lowest BCUT2D eigenvalue weighted by Crippen LogP contribution is -2.65. The summed E-state index contributed by atoms with van der Waals surface area (Å²) in [4.78, 5) is 205. The molecule has 3 saturated carbocycles. The fourth-order valence-electron chi connectivity index (χ4n) is 15.4. The summed E-state index contributed by atoms with van der Waals surface area (Å²) in [6.07, 6.45) is 2.84. The van der Waals surface area contributed by atoms with Gasteiger partial charge < -0.3 is 64.8 Å². The third kappa shape index (κ3) is 21.5. The minimum Gasteiger partial charge on any atom is -0.461 e. The van der Waals surface area contributed by atoms with Crippen LogP contribution < -0.4 is 16.0 Å². The van der Waals surface area contributed by atoms with Crippen molar-refractivity contribution in [1.29, 1.82) is 0 Å². The van der Waals surface area contributed by atoms with E-state index in [0.717, 1.165) is 65.0 Å². The van der Waals surface area contributed by atoms with Gasteiger partial charge in [-0.1, -0.05) is 122 Å². The number of halogens is 4. The number of amides is 12. The minimum absolute atomic E-state index is 0.0192. The second-order valence-corrected chi connectivity index (χ2v) is 30.8. The molecule has 1 aromatic carbocycles. The second kappa shape index (κ2) is 38.1. The number of nitrogens with one attached hydrogen (secondary N) is 3. The Labute approximate surface area is 621 Å². The van der Waals surface area contributed by atoms with Gasteiger partial charge in [-0.3, -0.25) is 62.3 Å². The number of hydrogen-bond acceptors (Lipinski definition) is 14. The third-order valence-corrected chi connectivity index (χ3v) is 22.7. The molecule has 0 unspecified atom stereocenters. The van der Waals surface area contributed by atoms with Crippen molar-refractivity contribution in [2.75, 3.05) is 83.1 Å². The smallest absolute Gasteiger partial charge is 0.417 e. The van der Waals surface area contributed by atoms with Crippen molar-refractivity contribution >= 4 is 88.5 Å². The predicted molar refractivity (Wildman–Crippen MR) is 387 cm³/mol. The van der Waals surface area contributed by atoms with Gasteiger partial charge in [0.25, 0.3) is 0 Å². The molecule has 3 aliphatic carbocycles. The summed E-state index contributed by atoms with van der Waals surface area (Å²) >= 11 is 6.18. The quantitative estimate of drug-likeness (QED) is 0.127. The van der Waals surface area contributed by atoms with E-state index in [9.17, 15) is 51.5 Å². The van der Waals surface area contributed by atoms with Crippen LogP contribution in [0.15, 0.2) is 30.9 Å². The Balaban J connectivity index is 1.49. The van der Waals surface area contributed by atoms with E-state index in [4.69, 9.17) is 16.3 Å². The molecule has 3 N–H and O–H groups in total. The van der Waals surface area contributed by atoms with E-state index in [1.807, 2.05) is 20.8 Å². The number of nitrogens with zero attached hydrogens (tertiary/aromatic N) is 9. The average Bonchev–Trinajstić information content (AvgIpc) is 1.75. The van der Waals surface area contributed by atoms with Crippen molar-refractivity contribution in [3.05, 3.63) is 47.0 Å². The zero-order chi connectivity index (χ0) is 78.3. The lowest BCUT2D eigenvalue weighted by molar-refractivity contribution is -0.160. The molecule has 0 bridgehead atoms. The van der Waals surface area contributed by atoms with Crippen LogP contribution in [0.3, 0.4) is 0 Å². The van der Waals surface area contributed by atoms with E-state index in [2.05, 4.69) is 22.5 Å². The van der Waals surface area contributed by atoms with Gasteiger partial charge in [-0.05, 0) is 112 Å². The molecular weight excluding hydrogens is 1390 g/mol. The molecular formula is C75H114ClF3N12O14. The summed E-state index contributed by atoms with van der Waals surface area (Å²) in [5.74, 6) is -10.7. The molecule has 2 heterocycles. The molecule has 5 fully saturated rings. The number of hydrogen-bond donors (Lipinski definition) is 3. The van der Waals surface area contributed by atoms with Gasteiger partial charge in [0.1, 0.15) is 66.5 Å². The molecule has 10 atom stereocenters. The Morgan fingerprint density at radius 3 is 1.90 bits per heavy atom. The summed E-state index contributed by atoms with van der Waals surface area (Å²) in [7, 11) is 12.6. The van der Waals surface area contributed by atoms with E-state index in [1.165, 1.54) is 106 Å². The van der Waals surface area contributed by atoms with Crippen LogP contribution in [0.1, 0.15) is 181 Å². The van der Waals surface area contributed by atoms with Crippen molar-refractivity contribution in [2.45, 2.75) is 242 Å². The fourth-order valence-corrected chi connectivity index (χ4v) is 15.7. The lowest BCUT2D eigenvalue weighted by Gasteiger charge is -2.45. The van der Waals surface area contributed by atoms with Crippen LogP contribution in [0.25, 0.3) is 0 Å². The number of fused-ring (bicyclic) bond motifs is 1. The van der Waals surface area contributed by atoms with Gasteiger partial charge in [0.2, 0.25) is 70.9 Å². The molecule has 0 aromatic heterocycles. The molecule has 2 aliphatic heterocycles. The first-order chi connectivity index (χ1) is 49.3. The van der Waals surface area contributed by atoms with Crippen LogP contribution in [0, 0.1) is 23.7 Å². The van der Waals surface area contributed by atoms with Gasteiger partial charge in [0, 0.05) is 76.4 Å². The number of esters is 1. The molecule has 12 amide bonds. The van der Waals surface area contributed by atoms with Crippen LogP contribution in [0.5, 0.6) is 0 Å². The highest BCUT2D eigenvalue weighted by Crippen LogP contribution is 2.39. The monoisotopic (exact) mass is 1500 g/mol. The molecule has 26 nitrogen and oxygen atoms in total. The molecule has 0 radical (unpaired) electrons. The molecule has 1 aromatic rings. The maximum atomic E-state index is 15.8. The Morgan fingerprint density at radius 1 is 0.714 bits per heavy atom. The van der Waals surface area contributed by atoms with E-state index >= 15 is 24.0 Å². The number of ether oxygens (including phenoxy) is 1. The number of rotatable bonds is 16. The molecule has 1 spiro atoms. The van der Waals surface area contributed by atoms with Gasteiger partial charge in [0.15, 0.2) is 0 Å². The standard InChI is InChI=1S/C75H114ClF3N12O14/c1-16-39-105-61(94)34-33-54-65(96)82-74(36-23-24-37-74)73(104)90(15)63(50-27-21-22-28-50)72(103)89(14)58(68(99)83(7)8)43-60(93)86(11)56(40-45(3)4)64(95)81-62(46(5)17-2)71(102)85(10)47(6)66(97)91-38-35-55(91)70(101)88(13)57(42-48-25-19-18-20-26-48)69(100)84(9)44-59(92)80-53(67(98)87(54)12)32-30-49-29-31-51(52(76)41-49)75(77,78)79/h16,29,31,41,45-48,50,53-58,62-63H,1,17-28,30,32-40,42-44H2,2-15H3,(H,80,92)(H,81,95)(H,82,96)/t46-,47-,53-,54-,55-,56+,57-,58-,62-,63-/m0/s1. The fraction of sp³-hybridized carbons (Fsp3) is 0.720. The van der Waals surface area contributed by atoms with E-state index in [-0.39, 0.29) is 75.5 Å². The first-order valence-corrected chi connectivity index (χ1v) is 37.6. The maximum Gasteiger partial charge on any atom is 0.417 e. The van der Waals surface area contributed by atoms with Gasteiger partial charge in [-0.2, -0.15) is 13.2 Å². The summed E-state index contributed by atoms with van der Waals surface area (Å²) in [5.41, 5.74) is -2.63. The van der Waals surface area contributed by atoms with Gasteiger partial charge >= 0.3 is 12.1 Å². The van der Waals surface area contributed by atoms with Crippen molar-refractivity contribution < 1.29 is 80.2 Å². The molecule has 5 aliphatic rings. The number of benzene rings is 1. The highest BCUT2D eigenvalue weighted by Gasteiger charge is 2.52. The Hall–Kier alpha value is -7.85. The van der Waals surface area contributed by atoms with Gasteiger partial charge in [-0.25, -0.2) is 0 Å². The maximum absolute atomic E-state index is 15.8. The van der Waals surface area contributed by atoms with E-state index < -0.39 is 191 Å². The first-order valence-electron chi connectivity index (χ1n) is 37.2. The summed E-state index contributed by atoms with van der Waals surface area (Å²) < 4.78 is 47.2. The lowest BCUT2D eigenvalue weighted by atomic mass is 9.84. The van der Waals surface area contributed by atoms with Crippen LogP contribution in [-0.2, 0) is 79.7 Å². The van der Waals surface area contributed by atoms with Crippen LogP contribution in [-0.4, -0.2) is 264 Å². The number of aryl methyl sites for hydroxylation is 1. The highest BCUT2D eigenvalue weighted by atomic mass is 35.5. The van der Waals surface area contributed by atoms with Gasteiger partial charge in [0.05, 0.1) is 23.6 Å². The summed E-state index contributed by atoms with van der Waals surface area (Å²) in [6, 6.07) is -8.86. The second-order valence-electron chi connectivity index (χ2n) is 30.4. The predicted octanol–water partition coefficient (Wildman–Crippen LogP) is 5.99. The zero-order valence-electron chi connectivity index (χ0n) is 64.0. The first kappa shape index (κ1) is 86.1. The number of likely N-dealkylation sites (N-methyl/N-ethyl adjacent to an activating group) is 8. The third-order valence-electron chi connectivity index (χ3n) is 22.4. The van der Waals surface area contributed by atoms with E-state index in [1.54, 1.807) is 6.92 Å². The number of carbonyl (C=O) groups is 13. The van der Waals surface area contributed by atoms with Crippen molar-refractivity contribution in [3.63, 3.8) is 0 Å². The van der Waals surface area contributed by atoms with Crippen LogP contribution in [0.4, 0.5) is 13.2 Å². The average molecular weight is 1500 g/mol. The SMILES string of the molecule is C=CCOC(=O)CC[C@H]1C(=O)NC2(CCCC2)C(=O)N(C)[C@@H](C2CCCC2)C(=O)N(C)[C@H](C(=O)N(C)C)CC(=O)N(C)[C@H](CC(C)C)C(=O)N[C@@H]([C@@H](C)CC)C(=O)N(C)[C@@H](C)C(=O)N2CC[C@H]2C(=O)N(C)[C@@H](CC2CCCCC2)C(=O)N(C)CC(=O)N[C@@H](CCc2ccc(C(F)(F)F)c(Cl)c2)C(=O)N1C. The molecule has 586 valence electrons. The molecule has 30 heteroatoms. The molecule has 6 rings (SSSR count). The van der Waals surface area contributed by atoms with Crippen LogP contribution in [0.2, 0.25) is 5.02 Å². The zero-order valence-corrected chi connectivity index (χ0v) is 64.7. The van der Waals surface area contributed by atoms with Crippen molar-refractivity contribution in [2.24, 2.45) is 23.7 Å². The van der Waals surface area contributed by atoms with Crippen molar-refractivity contribution in [3.8, 4) is 0 Å². The Morgan fingerprint density at radius 2 is 1.33 bits per heavy atom. The highest BCUT2D eigenvalue weighted by molar-refractivity contribution is 6.31. The molecule has 105 heavy (non-hydrogen) atoms.